The Balaban J connectivity index is 1.79. The minimum absolute atomic E-state index is 0.0870. The lowest BCUT2D eigenvalue weighted by atomic mass is 10.1. The van der Waals surface area contributed by atoms with Gasteiger partial charge in [0.2, 0.25) is 15.9 Å². The summed E-state index contributed by atoms with van der Waals surface area (Å²) in [6.45, 7) is 0.925. The predicted molar refractivity (Wildman–Crippen MR) is 84.8 cm³/mol. The summed E-state index contributed by atoms with van der Waals surface area (Å²) in [6, 6.07) is 1.88. The van der Waals surface area contributed by atoms with E-state index in [2.05, 4.69) is 4.98 Å². The van der Waals surface area contributed by atoms with Crippen LogP contribution in [-0.4, -0.2) is 50.2 Å². The van der Waals surface area contributed by atoms with Gasteiger partial charge >= 0.3 is 0 Å². The molecule has 8 heteroatoms. The van der Waals surface area contributed by atoms with E-state index in [0.717, 1.165) is 30.5 Å². The summed E-state index contributed by atoms with van der Waals surface area (Å²) >= 11 is 0. The van der Waals surface area contributed by atoms with Crippen LogP contribution >= 0.6 is 0 Å². The van der Waals surface area contributed by atoms with Gasteiger partial charge in [-0.25, -0.2) is 18.5 Å². The molecule has 1 saturated heterocycles. The Hall–Kier alpha value is -1.67. The number of hydrogen-bond acceptors (Lipinski definition) is 5. The largest absolute Gasteiger partial charge is 0.480 e. The summed E-state index contributed by atoms with van der Waals surface area (Å²) in [5.74, 6) is 0.00457. The van der Waals surface area contributed by atoms with E-state index in [0.29, 0.717) is 31.0 Å². The van der Waals surface area contributed by atoms with Crippen molar-refractivity contribution >= 4 is 15.9 Å². The highest BCUT2D eigenvalue weighted by atomic mass is 32.2. The number of sulfonamides is 1. The standard InChI is InChI=1S/C15H21N3O4S/c1-22-14-12(7-11-3-2-4-13(11)17-14)15(19)18-6-5-10(8-18)9-23(16,20)21/h7,10H,2-6,8-9H2,1H3,(H2,16,20,21). The SMILES string of the molecule is COc1nc2c(cc1C(=O)N1CCC(CS(N)(=O)=O)C1)CCC2. The first-order valence-corrected chi connectivity index (χ1v) is 9.45. The number of carbonyl (C=O) groups is 1. The Bertz CT molecular complexity index is 732. The van der Waals surface area contributed by atoms with Gasteiger partial charge in [-0.3, -0.25) is 4.79 Å². The van der Waals surface area contributed by atoms with Gasteiger partial charge in [0.05, 0.1) is 12.9 Å². The topological polar surface area (TPSA) is 103 Å². The van der Waals surface area contributed by atoms with E-state index >= 15 is 0 Å². The van der Waals surface area contributed by atoms with Crippen molar-refractivity contribution in [2.45, 2.75) is 25.7 Å². The minimum atomic E-state index is -3.52. The maximum Gasteiger partial charge on any atom is 0.259 e. The molecular weight excluding hydrogens is 318 g/mol. The molecule has 126 valence electrons. The van der Waals surface area contributed by atoms with E-state index in [1.165, 1.54) is 7.11 Å². The zero-order valence-corrected chi connectivity index (χ0v) is 13.9. The molecule has 1 unspecified atom stereocenters. The first kappa shape index (κ1) is 16.2. The van der Waals surface area contributed by atoms with E-state index in [9.17, 15) is 13.2 Å². The summed E-state index contributed by atoms with van der Waals surface area (Å²) in [7, 11) is -2.01. The van der Waals surface area contributed by atoms with Crippen molar-refractivity contribution < 1.29 is 17.9 Å². The van der Waals surface area contributed by atoms with Crippen molar-refractivity contribution in [3.63, 3.8) is 0 Å². The molecule has 1 aromatic heterocycles. The van der Waals surface area contributed by atoms with Gasteiger partial charge in [-0.2, -0.15) is 0 Å². The van der Waals surface area contributed by atoms with Crippen LogP contribution in [-0.2, 0) is 22.9 Å². The number of aryl methyl sites for hydroxylation is 2. The van der Waals surface area contributed by atoms with Crippen molar-refractivity contribution in [3.05, 3.63) is 22.9 Å². The van der Waals surface area contributed by atoms with Crippen molar-refractivity contribution in [1.82, 2.24) is 9.88 Å². The molecule has 2 heterocycles. The number of carbonyl (C=O) groups excluding carboxylic acids is 1. The zero-order valence-electron chi connectivity index (χ0n) is 13.1. The second-order valence-electron chi connectivity index (χ2n) is 6.24. The lowest BCUT2D eigenvalue weighted by molar-refractivity contribution is 0.0784. The number of hydrogen-bond donors (Lipinski definition) is 1. The van der Waals surface area contributed by atoms with Crippen LogP contribution in [0.5, 0.6) is 5.88 Å². The van der Waals surface area contributed by atoms with Crippen LogP contribution in [0.4, 0.5) is 0 Å². The number of primary sulfonamides is 1. The highest BCUT2D eigenvalue weighted by Gasteiger charge is 2.31. The second-order valence-corrected chi connectivity index (χ2v) is 7.90. The Morgan fingerprint density at radius 3 is 2.96 bits per heavy atom. The van der Waals surface area contributed by atoms with Gasteiger partial charge in [0.15, 0.2) is 0 Å². The minimum Gasteiger partial charge on any atom is -0.480 e. The quantitative estimate of drug-likeness (QED) is 0.851. The van der Waals surface area contributed by atoms with Crippen LogP contribution < -0.4 is 9.88 Å². The third-order valence-electron chi connectivity index (χ3n) is 4.48. The van der Waals surface area contributed by atoms with Crippen molar-refractivity contribution in [3.8, 4) is 5.88 Å². The maximum atomic E-state index is 12.8. The van der Waals surface area contributed by atoms with Crippen LogP contribution in [0.3, 0.4) is 0 Å². The number of nitrogens with two attached hydrogens (primary N) is 1. The van der Waals surface area contributed by atoms with Crippen molar-refractivity contribution in [2.24, 2.45) is 11.1 Å². The Morgan fingerprint density at radius 1 is 1.48 bits per heavy atom. The Kier molecular flexibility index (Phi) is 4.29. The smallest absolute Gasteiger partial charge is 0.259 e. The van der Waals surface area contributed by atoms with Gasteiger partial charge in [-0.15, -0.1) is 0 Å². The van der Waals surface area contributed by atoms with Crippen LogP contribution in [0.1, 0.15) is 34.5 Å². The lowest BCUT2D eigenvalue weighted by Gasteiger charge is -2.18. The normalized spacial score (nSPS) is 20.6. The molecule has 0 radical (unpaired) electrons. The molecule has 1 aliphatic carbocycles. The van der Waals surface area contributed by atoms with Crippen LogP contribution in [0, 0.1) is 5.92 Å². The molecule has 3 rings (SSSR count). The summed E-state index contributed by atoms with van der Waals surface area (Å²) in [4.78, 5) is 18.9. The first-order valence-electron chi connectivity index (χ1n) is 7.74. The summed E-state index contributed by atoms with van der Waals surface area (Å²) in [5.41, 5.74) is 2.57. The Labute approximate surface area is 135 Å². The van der Waals surface area contributed by atoms with Crippen LogP contribution in [0.2, 0.25) is 0 Å². The van der Waals surface area contributed by atoms with Gasteiger partial charge in [0.25, 0.3) is 5.91 Å². The molecule has 23 heavy (non-hydrogen) atoms. The highest BCUT2D eigenvalue weighted by molar-refractivity contribution is 7.89. The molecule has 1 aliphatic heterocycles. The van der Waals surface area contributed by atoms with E-state index in [4.69, 9.17) is 9.88 Å². The average Bonchev–Trinajstić information content (AvgIpc) is 3.11. The second kappa shape index (κ2) is 6.09. The van der Waals surface area contributed by atoms with E-state index in [1.54, 1.807) is 4.90 Å². The van der Waals surface area contributed by atoms with E-state index in [1.807, 2.05) is 6.07 Å². The van der Waals surface area contributed by atoms with Gasteiger partial charge in [-0.05, 0) is 43.2 Å². The average molecular weight is 339 g/mol. The fourth-order valence-corrected chi connectivity index (χ4v) is 4.34. The van der Waals surface area contributed by atoms with Crippen molar-refractivity contribution in [1.29, 1.82) is 0 Å². The van der Waals surface area contributed by atoms with Gasteiger partial charge in [-0.1, -0.05) is 0 Å². The number of fused-ring (bicyclic) bond motifs is 1. The number of rotatable bonds is 4. The maximum absolute atomic E-state index is 12.8. The molecule has 2 N–H and O–H groups in total. The molecule has 0 spiro atoms. The monoisotopic (exact) mass is 339 g/mol. The van der Waals surface area contributed by atoms with Gasteiger partial charge in [0.1, 0.15) is 5.56 Å². The molecule has 7 nitrogen and oxygen atoms in total. The highest BCUT2D eigenvalue weighted by Crippen LogP contribution is 2.29. The number of nitrogens with zero attached hydrogens (tertiary/aromatic N) is 2. The molecule has 0 bridgehead atoms. The number of methoxy groups -OCH3 is 1. The number of pyridine rings is 1. The molecule has 2 aliphatic rings. The molecule has 1 amide bonds. The number of amides is 1. The van der Waals surface area contributed by atoms with Crippen LogP contribution in [0.15, 0.2) is 6.07 Å². The van der Waals surface area contributed by atoms with Gasteiger partial charge in [0, 0.05) is 18.8 Å². The summed E-state index contributed by atoms with van der Waals surface area (Å²) in [6.07, 6.45) is 3.53. The summed E-state index contributed by atoms with van der Waals surface area (Å²) < 4.78 is 27.7. The van der Waals surface area contributed by atoms with E-state index in [-0.39, 0.29) is 17.6 Å². The first-order chi connectivity index (χ1) is 10.9. The third-order valence-corrected chi connectivity index (χ3v) is 5.42. The van der Waals surface area contributed by atoms with Gasteiger partial charge < -0.3 is 9.64 Å². The molecule has 1 aromatic rings. The fourth-order valence-electron chi connectivity index (χ4n) is 3.41. The van der Waals surface area contributed by atoms with E-state index < -0.39 is 10.0 Å². The lowest BCUT2D eigenvalue weighted by Crippen LogP contribution is -2.31. The molecule has 1 fully saturated rings. The molecular formula is C15H21N3O4S. The summed E-state index contributed by atoms with van der Waals surface area (Å²) in [5, 5.41) is 5.09. The molecule has 0 saturated carbocycles. The zero-order chi connectivity index (χ0) is 16.6. The number of ether oxygens (including phenoxy) is 1. The molecule has 0 aromatic carbocycles. The Morgan fingerprint density at radius 2 is 2.26 bits per heavy atom. The fraction of sp³-hybridized carbons (Fsp3) is 0.600. The molecule has 1 atom stereocenters. The number of aromatic nitrogens is 1. The van der Waals surface area contributed by atoms with Crippen LogP contribution in [0.25, 0.3) is 0 Å². The number of likely N-dealkylation sites (tertiary alicyclic amines) is 1. The third kappa shape index (κ3) is 3.48. The predicted octanol–water partition coefficient (Wildman–Crippen LogP) is 0.330. The van der Waals surface area contributed by atoms with Crippen molar-refractivity contribution in [2.75, 3.05) is 26.0 Å².